The molecule has 0 fully saturated rings. The number of carbonyl (C=O) groups is 1. The van der Waals surface area contributed by atoms with Crippen LogP contribution in [0.25, 0.3) is 0 Å². The fourth-order valence-corrected chi connectivity index (χ4v) is 1.11. The Morgan fingerprint density at radius 1 is 1.69 bits per heavy atom. The third-order valence-electron chi connectivity index (χ3n) is 1.86. The molecule has 0 aromatic carbocycles. The zero-order chi connectivity index (χ0) is 12.0. The lowest BCUT2D eigenvalue weighted by molar-refractivity contribution is -0.127. The van der Waals surface area contributed by atoms with Crippen LogP contribution in [0, 0.1) is 0 Å². The predicted molar refractivity (Wildman–Crippen MR) is 60.7 cm³/mol. The number of nitrogens with two attached hydrogens (primary N) is 1. The van der Waals surface area contributed by atoms with E-state index in [2.05, 4.69) is 10.4 Å². The molecule has 6 nitrogen and oxygen atoms in total. The van der Waals surface area contributed by atoms with Crippen LogP contribution < -0.4 is 11.1 Å². The third kappa shape index (κ3) is 4.79. The molecule has 1 aromatic heterocycles. The van der Waals surface area contributed by atoms with Crippen LogP contribution >= 0.6 is 0 Å². The van der Waals surface area contributed by atoms with Gasteiger partial charge in [0.25, 0.3) is 0 Å². The molecule has 1 heterocycles. The number of carbonyl (C=O) groups excluding carboxylic acids is 1. The summed E-state index contributed by atoms with van der Waals surface area (Å²) in [5.74, 6) is -0.117. The van der Waals surface area contributed by atoms with Crippen molar-refractivity contribution in [2.75, 3.05) is 18.9 Å². The molecular formula is C10H18N4O2. The minimum absolute atomic E-state index is 0.0664. The second-order valence-corrected chi connectivity index (χ2v) is 3.75. The molecule has 0 atom stereocenters. The second-order valence-electron chi connectivity index (χ2n) is 3.75. The Morgan fingerprint density at radius 2 is 2.44 bits per heavy atom. The largest absolute Gasteiger partial charge is 0.396 e. The number of anilines is 1. The van der Waals surface area contributed by atoms with Gasteiger partial charge in [0.15, 0.2) is 0 Å². The van der Waals surface area contributed by atoms with E-state index in [0.29, 0.717) is 18.8 Å². The minimum atomic E-state index is -0.117. The van der Waals surface area contributed by atoms with Crippen molar-refractivity contribution >= 4 is 11.6 Å². The zero-order valence-corrected chi connectivity index (χ0v) is 9.64. The van der Waals surface area contributed by atoms with Crippen molar-refractivity contribution in [1.29, 1.82) is 0 Å². The number of aromatic nitrogens is 2. The summed E-state index contributed by atoms with van der Waals surface area (Å²) in [7, 11) is 0. The Morgan fingerprint density at radius 3 is 3.00 bits per heavy atom. The lowest BCUT2D eigenvalue weighted by Gasteiger charge is -2.08. The fourth-order valence-electron chi connectivity index (χ4n) is 1.11. The van der Waals surface area contributed by atoms with Gasteiger partial charge in [0.1, 0.15) is 6.61 Å². The van der Waals surface area contributed by atoms with Gasteiger partial charge in [0.05, 0.1) is 24.5 Å². The van der Waals surface area contributed by atoms with Crippen LogP contribution in [0.2, 0.25) is 0 Å². The standard InChI is InChI=1S/C10H18N4O2/c1-8(2)16-7-10(15)12-3-4-14-6-9(11)5-13-14/h5-6,8H,3-4,7,11H2,1-2H3,(H,12,15). The number of hydrogen-bond donors (Lipinski definition) is 2. The summed E-state index contributed by atoms with van der Waals surface area (Å²) in [6, 6.07) is 0. The first-order valence-electron chi connectivity index (χ1n) is 5.24. The quantitative estimate of drug-likeness (QED) is 0.715. The Kier molecular flexibility index (Phi) is 4.78. The van der Waals surface area contributed by atoms with Crippen molar-refractivity contribution in [2.24, 2.45) is 0 Å². The normalized spacial score (nSPS) is 10.7. The Bertz CT molecular complexity index is 335. The maximum atomic E-state index is 11.3. The lowest BCUT2D eigenvalue weighted by Crippen LogP contribution is -2.31. The van der Waals surface area contributed by atoms with Crippen LogP contribution in [-0.4, -0.2) is 34.9 Å². The monoisotopic (exact) mass is 226 g/mol. The van der Waals surface area contributed by atoms with Crippen LogP contribution in [0.4, 0.5) is 5.69 Å². The van der Waals surface area contributed by atoms with Gasteiger partial charge in [-0.15, -0.1) is 0 Å². The predicted octanol–water partition coefficient (Wildman–Crippen LogP) is 0.00650. The van der Waals surface area contributed by atoms with Gasteiger partial charge in [-0.1, -0.05) is 0 Å². The molecular weight excluding hydrogens is 208 g/mol. The van der Waals surface area contributed by atoms with Crippen LogP contribution in [0.5, 0.6) is 0 Å². The van der Waals surface area contributed by atoms with Gasteiger partial charge in [-0.05, 0) is 13.8 Å². The molecule has 0 aliphatic carbocycles. The van der Waals surface area contributed by atoms with Crippen LogP contribution in [0.1, 0.15) is 13.8 Å². The average Bonchev–Trinajstić information content (AvgIpc) is 2.61. The van der Waals surface area contributed by atoms with E-state index in [0.717, 1.165) is 0 Å². The van der Waals surface area contributed by atoms with Gasteiger partial charge in [-0.3, -0.25) is 9.48 Å². The maximum Gasteiger partial charge on any atom is 0.246 e. The zero-order valence-electron chi connectivity index (χ0n) is 9.64. The van der Waals surface area contributed by atoms with Gasteiger partial charge >= 0.3 is 0 Å². The first-order valence-corrected chi connectivity index (χ1v) is 5.24. The minimum Gasteiger partial charge on any atom is -0.396 e. The highest BCUT2D eigenvalue weighted by atomic mass is 16.5. The molecule has 0 bridgehead atoms. The molecule has 6 heteroatoms. The summed E-state index contributed by atoms with van der Waals surface area (Å²) >= 11 is 0. The number of hydrogen-bond acceptors (Lipinski definition) is 4. The molecule has 90 valence electrons. The summed E-state index contributed by atoms with van der Waals surface area (Å²) in [6.45, 7) is 4.99. The topological polar surface area (TPSA) is 82.2 Å². The highest BCUT2D eigenvalue weighted by Crippen LogP contribution is 1.96. The van der Waals surface area contributed by atoms with Crippen molar-refractivity contribution in [2.45, 2.75) is 26.5 Å². The van der Waals surface area contributed by atoms with Gasteiger partial charge in [-0.2, -0.15) is 5.10 Å². The van der Waals surface area contributed by atoms with E-state index in [1.807, 2.05) is 13.8 Å². The van der Waals surface area contributed by atoms with Crippen molar-refractivity contribution in [3.05, 3.63) is 12.4 Å². The highest BCUT2D eigenvalue weighted by molar-refractivity contribution is 5.77. The molecule has 0 spiro atoms. The van der Waals surface area contributed by atoms with E-state index >= 15 is 0 Å². The van der Waals surface area contributed by atoms with Crippen LogP contribution in [-0.2, 0) is 16.1 Å². The fraction of sp³-hybridized carbons (Fsp3) is 0.600. The molecule has 1 aromatic rings. The van der Waals surface area contributed by atoms with Crippen molar-refractivity contribution in [3.63, 3.8) is 0 Å². The molecule has 0 saturated heterocycles. The summed E-state index contributed by atoms with van der Waals surface area (Å²) in [6.07, 6.45) is 3.36. The Hall–Kier alpha value is -1.56. The molecule has 1 amide bonds. The number of nitrogen functional groups attached to an aromatic ring is 1. The SMILES string of the molecule is CC(C)OCC(=O)NCCn1cc(N)cn1. The van der Waals surface area contributed by atoms with E-state index in [1.54, 1.807) is 17.1 Å². The average molecular weight is 226 g/mol. The number of nitrogens with one attached hydrogen (secondary N) is 1. The first kappa shape index (κ1) is 12.5. The van der Waals surface area contributed by atoms with E-state index < -0.39 is 0 Å². The summed E-state index contributed by atoms with van der Waals surface area (Å²) in [4.78, 5) is 11.3. The molecule has 0 saturated carbocycles. The Balaban J connectivity index is 2.13. The Labute approximate surface area is 94.8 Å². The van der Waals surface area contributed by atoms with E-state index in [4.69, 9.17) is 10.5 Å². The molecule has 1 rings (SSSR count). The smallest absolute Gasteiger partial charge is 0.246 e. The number of rotatable bonds is 6. The number of nitrogens with zero attached hydrogens (tertiary/aromatic N) is 2. The van der Waals surface area contributed by atoms with Gasteiger partial charge in [0, 0.05) is 12.7 Å². The van der Waals surface area contributed by atoms with E-state index in [9.17, 15) is 4.79 Å². The highest BCUT2D eigenvalue weighted by Gasteiger charge is 2.02. The summed E-state index contributed by atoms with van der Waals surface area (Å²) < 4.78 is 6.84. The van der Waals surface area contributed by atoms with Crippen molar-refractivity contribution in [1.82, 2.24) is 15.1 Å². The molecule has 0 aliphatic heterocycles. The summed E-state index contributed by atoms with van der Waals surface area (Å²) in [5, 5.41) is 6.73. The summed E-state index contributed by atoms with van der Waals surface area (Å²) in [5.41, 5.74) is 6.12. The first-order chi connectivity index (χ1) is 7.58. The van der Waals surface area contributed by atoms with Crippen molar-refractivity contribution < 1.29 is 9.53 Å². The van der Waals surface area contributed by atoms with Crippen LogP contribution in [0.3, 0.4) is 0 Å². The molecule has 0 unspecified atom stereocenters. The van der Waals surface area contributed by atoms with Crippen LogP contribution in [0.15, 0.2) is 12.4 Å². The van der Waals surface area contributed by atoms with Gasteiger partial charge in [-0.25, -0.2) is 0 Å². The molecule has 3 N–H and O–H groups in total. The number of ether oxygens (including phenoxy) is 1. The lowest BCUT2D eigenvalue weighted by atomic mass is 10.5. The van der Waals surface area contributed by atoms with Crippen molar-refractivity contribution in [3.8, 4) is 0 Å². The molecule has 16 heavy (non-hydrogen) atoms. The third-order valence-corrected chi connectivity index (χ3v) is 1.86. The molecule has 0 aliphatic rings. The van der Waals surface area contributed by atoms with E-state index in [1.165, 1.54) is 0 Å². The number of amides is 1. The van der Waals surface area contributed by atoms with Gasteiger partial charge < -0.3 is 15.8 Å². The second kappa shape index (κ2) is 6.12. The van der Waals surface area contributed by atoms with E-state index in [-0.39, 0.29) is 18.6 Å². The maximum absolute atomic E-state index is 11.3. The molecule has 0 radical (unpaired) electrons. The van der Waals surface area contributed by atoms with Gasteiger partial charge in [0.2, 0.25) is 5.91 Å².